The van der Waals surface area contributed by atoms with Crippen molar-refractivity contribution in [3.05, 3.63) is 47.0 Å². The molecule has 0 radical (unpaired) electrons. The molecule has 0 atom stereocenters. The Balaban J connectivity index is 0.00000380. The average molecular weight is 588 g/mol. The van der Waals surface area contributed by atoms with Crippen molar-refractivity contribution in [2.24, 2.45) is 0 Å². The number of fused-ring (bicyclic) bond motifs is 1. The molecule has 1 aliphatic rings. The van der Waals surface area contributed by atoms with Crippen LogP contribution in [0.4, 0.5) is 5.13 Å². The van der Waals surface area contributed by atoms with Gasteiger partial charge in [0.1, 0.15) is 11.3 Å². The molecule has 1 aromatic heterocycles. The lowest BCUT2D eigenvalue weighted by molar-refractivity contribution is 0.0985. The lowest BCUT2D eigenvalue weighted by Crippen LogP contribution is -2.36. The summed E-state index contributed by atoms with van der Waals surface area (Å²) in [5, 5.41) is 1.04. The quantitative estimate of drug-likeness (QED) is 0.363. The number of hydrogen-bond donors (Lipinski definition) is 0. The second-order valence-electron chi connectivity index (χ2n) is 9.03. The largest absolute Gasteiger partial charge is 0.494 e. The van der Waals surface area contributed by atoms with Gasteiger partial charge in [-0.25, -0.2) is 13.4 Å². The highest BCUT2D eigenvalue weighted by atomic mass is 35.5. The molecule has 1 saturated heterocycles. The van der Waals surface area contributed by atoms with Crippen molar-refractivity contribution in [3.8, 4) is 5.75 Å². The van der Waals surface area contributed by atoms with Crippen LogP contribution in [0.5, 0.6) is 5.75 Å². The van der Waals surface area contributed by atoms with Gasteiger partial charge in [-0.05, 0) is 63.3 Å². The third kappa shape index (κ3) is 6.55. The maximum Gasteiger partial charge on any atom is 0.260 e. The Labute approximate surface area is 233 Å². The number of aromatic nitrogens is 1. The molecule has 0 N–H and O–H groups in total. The number of amides is 1. The normalized spacial score (nSPS) is 14.8. The number of benzene rings is 2. The number of likely N-dealkylation sites (N-methyl/N-ethyl adjacent to an activating group) is 1. The number of sulfonamides is 1. The Hall–Kier alpha value is -1.95. The van der Waals surface area contributed by atoms with Crippen LogP contribution in [0.15, 0.2) is 41.3 Å². The van der Waals surface area contributed by atoms with E-state index in [1.54, 1.807) is 40.6 Å². The number of hydrogen-bond acceptors (Lipinski definition) is 7. The highest BCUT2D eigenvalue weighted by Crippen LogP contribution is 2.39. The highest BCUT2D eigenvalue weighted by Gasteiger charge is 2.27. The minimum Gasteiger partial charge on any atom is -0.494 e. The highest BCUT2D eigenvalue weighted by molar-refractivity contribution is 7.89. The summed E-state index contributed by atoms with van der Waals surface area (Å²) in [6.45, 7) is 2.09. The van der Waals surface area contributed by atoms with Gasteiger partial charge < -0.3 is 9.64 Å². The molecular formula is C25H32Cl2N4O4S2. The van der Waals surface area contributed by atoms with E-state index in [4.69, 9.17) is 16.3 Å². The van der Waals surface area contributed by atoms with E-state index in [2.05, 4.69) is 4.98 Å². The second kappa shape index (κ2) is 12.7. The van der Waals surface area contributed by atoms with Crippen molar-refractivity contribution >= 4 is 66.6 Å². The minimum atomic E-state index is -3.59. The third-order valence-electron chi connectivity index (χ3n) is 6.22. The molecule has 0 bridgehead atoms. The molecule has 2 aromatic carbocycles. The van der Waals surface area contributed by atoms with E-state index in [0.29, 0.717) is 53.2 Å². The first-order valence-electron chi connectivity index (χ1n) is 11.9. The van der Waals surface area contributed by atoms with Crippen molar-refractivity contribution in [2.75, 3.05) is 52.3 Å². The number of thiazole rings is 1. The first kappa shape index (κ1) is 29.6. The molecule has 0 aliphatic carbocycles. The molecule has 0 unspecified atom stereocenters. The molecule has 1 fully saturated rings. The van der Waals surface area contributed by atoms with Crippen molar-refractivity contribution in [3.63, 3.8) is 0 Å². The van der Waals surface area contributed by atoms with Gasteiger partial charge >= 0.3 is 0 Å². The lowest BCUT2D eigenvalue weighted by atomic mass is 10.2. The van der Waals surface area contributed by atoms with E-state index in [1.165, 1.54) is 23.5 Å². The summed E-state index contributed by atoms with van der Waals surface area (Å²) in [4.78, 5) is 22.1. The van der Waals surface area contributed by atoms with Gasteiger partial charge in [0.2, 0.25) is 10.0 Å². The van der Waals surface area contributed by atoms with Gasteiger partial charge in [-0.2, -0.15) is 4.31 Å². The Morgan fingerprint density at radius 1 is 1.05 bits per heavy atom. The fourth-order valence-corrected chi connectivity index (χ4v) is 6.96. The summed E-state index contributed by atoms with van der Waals surface area (Å²) in [7, 11) is 1.85. The molecule has 3 aromatic rings. The van der Waals surface area contributed by atoms with Crippen LogP contribution in [0.3, 0.4) is 0 Å². The molecule has 37 heavy (non-hydrogen) atoms. The number of carbonyl (C=O) groups is 1. The van der Waals surface area contributed by atoms with E-state index >= 15 is 0 Å². The van der Waals surface area contributed by atoms with Gasteiger partial charge in [0.25, 0.3) is 5.91 Å². The smallest absolute Gasteiger partial charge is 0.260 e. The average Bonchev–Trinajstić information content (AvgIpc) is 3.11. The Bertz CT molecular complexity index is 1320. The molecule has 8 nitrogen and oxygen atoms in total. The van der Waals surface area contributed by atoms with Crippen LogP contribution in [0.25, 0.3) is 10.2 Å². The zero-order chi connectivity index (χ0) is 25.9. The van der Waals surface area contributed by atoms with Crippen LogP contribution in [0, 0.1) is 0 Å². The van der Waals surface area contributed by atoms with Crippen LogP contribution in [-0.2, 0) is 10.0 Å². The lowest BCUT2D eigenvalue weighted by Gasteiger charge is -2.22. The van der Waals surface area contributed by atoms with Crippen LogP contribution in [0.2, 0.25) is 5.02 Å². The van der Waals surface area contributed by atoms with Crippen LogP contribution in [-0.4, -0.2) is 75.9 Å². The molecule has 12 heteroatoms. The molecule has 202 valence electrons. The zero-order valence-corrected chi connectivity index (χ0v) is 24.4. The van der Waals surface area contributed by atoms with E-state index < -0.39 is 10.0 Å². The Kier molecular flexibility index (Phi) is 10.2. The van der Waals surface area contributed by atoms with Crippen LogP contribution < -0.4 is 9.64 Å². The van der Waals surface area contributed by atoms with Crippen LogP contribution in [0.1, 0.15) is 36.0 Å². The van der Waals surface area contributed by atoms with Gasteiger partial charge in [-0.1, -0.05) is 35.8 Å². The third-order valence-corrected chi connectivity index (χ3v) is 9.67. The molecule has 0 saturated carbocycles. The summed E-state index contributed by atoms with van der Waals surface area (Å²) in [6.07, 6.45) is 3.83. The SMILES string of the molecule is COc1ccc(Cl)c2sc(N(CCN(C)C)C(=O)c3ccc(S(=O)(=O)N4CCCCCC4)cc3)nc12.Cl. The molecule has 4 rings (SSSR count). The van der Waals surface area contributed by atoms with E-state index in [9.17, 15) is 13.2 Å². The number of anilines is 1. The number of methoxy groups -OCH3 is 1. The summed E-state index contributed by atoms with van der Waals surface area (Å²) >= 11 is 7.73. The van der Waals surface area contributed by atoms with Crippen molar-refractivity contribution in [1.82, 2.24) is 14.2 Å². The number of halogens is 2. The molecular weight excluding hydrogens is 555 g/mol. The summed E-state index contributed by atoms with van der Waals surface area (Å²) < 4.78 is 34.0. The first-order chi connectivity index (χ1) is 17.2. The summed E-state index contributed by atoms with van der Waals surface area (Å²) in [5.41, 5.74) is 0.993. The topological polar surface area (TPSA) is 83.0 Å². The maximum atomic E-state index is 13.6. The maximum absolute atomic E-state index is 13.6. The second-order valence-corrected chi connectivity index (χ2v) is 12.3. The van der Waals surface area contributed by atoms with Crippen molar-refractivity contribution in [1.29, 1.82) is 0 Å². The van der Waals surface area contributed by atoms with Crippen molar-refractivity contribution in [2.45, 2.75) is 30.6 Å². The van der Waals surface area contributed by atoms with E-state index in [1.807, 2.05) is 19.0 Å². The number of ether oxygens (including phenoxy) is 1. The number of carbonyl (C=O) groups excluding carboxylic acids is 1. The fraction of sp³-hybridized carbons (Fsp3) is 0.440. The summed E-state index contributed by atoms with van der Waals surface area (Å²) in [5.74, 6) is 0.324. The summed E-state index contributed by atoms with van der Waals surface area (Å²) in [6, 6.07) is 9.71. The Morgan fingerprint density at radius 3 is 2.30 bits per heavy atom. The number of nitrogens with zero attached hydrogens (tertiary/aromatic N) is 4. The van der Waals surface area contributed by atoms with Gasteiger partial charge in [-0.3, -0.25) is 9.69 Å². The van der Waals surface area contributed by atoms with Crippen molar-refractivity contribution < 1.29 is 17.9 Å². The van der Waals surface area contributed by atoms with Gasteiger partial charge in [0.15, 0.2) is 5.13 Å². The first-order valence-corrected chi connectivity index (χ1v) is 14.6. The van der Waals surface area contributed by atoms with E-state index in [-0.39, 0.29) is 23.2 Å². The monoisotopic (exact) mass is 586 g/mol. The molecule has 1 aliphatic heterocycles. The zero-order valence-electron chi connectivity index (χ0n) is 21.1. The standard InChI is InChI=1S/C25H31ClN4O4S2.ClH/c1-28(2)16-17-30(25-27-22-21(34-3)13-12-20(26)23(22)35-25)24(31)18-8-10-19(11-9-18)36(32,33)29-14-6-4-5-7-15-29;/h8-13H,4-7,14-17H2,1-3H3;1H. The van der Waals surface area contributed by atoms with E-state index in [0.717, 1.165) is 30.4 Å². The predicted octanol–water partition coefficient (Wildman–Crippen LogP) is 5.15. The number of rotatable bonds is 8. The molecule has 1 amide bonds. The van der Waals surface area contributed by atoms with Gasteiger partial charge in [0, 0.05) is 31.7 Å². The predicted molar refractivity (Wildman–Crippen MR) is 152 cm³/mol. The molecule has 0 spiro atoms. The van der Waals surface area contributed by atoms with Gasteiger partial charge in [0.05, 0.1) is 21.7 Å². The Morgan fingerprint density at radius 2 is 1.70 bits per heavy atom. The van der Waals surface area contributed by atoms with Gasteiger partial charge in [-0.15, -0.1) is 12.4 Å². The van der Waals surface area contributed by atoms with Crippen LogP contribution >= 0.6 is 35.3 Å². The fourth-order valence-electron chi connectivity index (χ4n) is 4.16. The molecule has 2 heterocycles. The minimum absolute atomic E-state index is 0.